The van der Waals surface area contributed by atoms with Crippen molar-refractivity contribution in [2.75, 3.05) is 0 Å². The Morgan fingerprint density at radius 2 is 1.81 bits per heavy atom. The highest BCUT2D eigenvalue weighted by molar-refractivity contribution is 6.30. The van der Waals surface area contributed by atoms with Crippen LogP contribution in [0.25, 0.3) is 11.2 Å². The first kappa shape index (κ1) is 16.4. The van der Waals surface area contributed by atoms with Gasteiger partial charge in [-0.05, 0) is 23.8 Å². The monoisotopic (exact) mass is 369 g/mol. The molecule has 0 aliphatic carbocycles. The Morgan fingerprint density at radius 1 is 1.04 bits per heavy atom. The Balaban J connectivity index is 1.68. The third-order valence-corrected chi connectivity index (χ3v) is 4.29. The molecule has 4 rings (SSSR count). The quantitative estimate of drug-likeness (QED) is 0.555. The third kappa shape index (κ3) is 3.09. The van der Waals surface area contributed by atoms with Gasteiger partial charge in [-0.1, -0.05) is 47.1 Å². The second-order valence-corrected chi connectivity index (χ2v) is 6.25. The van der Waals surface area contributed by atoms with E-state index in [9.17, 15) is 9.18 Å². The van der Waals surface area contributed by atoms with Gasteiger partial charge in [-0.25, -0.2) is 14.1 Å². The van der Waals surface area contributed by atoms with Crippen molar-refractivity contribution in [2.45, 2.75) is 13.1 Å². The zero-order valence-corrected chi connectivity index (χ0v) is 14.3. The fourth-order valence-electron chi connectivity index (χ4n) is 2.68. The van der Waals surface area contributed by atoms with Crippen LogP contribution in [0.1, 0.15) is 11.1 Å². The fraction of sp³-hybridized carbons (Fsp3) is 0.111. The second-order valence-electron chi connectivity index (χ2n) is 5.81. The van der Waals surface area contributed by atoms with Gasteiger partial charge >= 0.3 is 0 Å². The molecule has 26 heavy (non-hydrogen) atoms. The second kappa shape index (κ2) is 6.68. The van der Waals surface area contributed by atoms with E-state index in [2.05, 4.69) is 15.3 Å². The zero-order valence-electron chi connectivity index (χ0n) is 13.5. The molecule has 0 unspecified atom stereocenters. The van der Waals surface area contributed by atoms with Crippen LogP contribution in [0.15, 0.2) is 59.7 Å². The minimum absolute atomic E-state index is 0.150. The van der Waals surface area contributed by atoms with Gasteiger partial charge in [0.2, 0.25) is 0 Å². The Labute approximate surface area is 152 Å². The summed E-state index contributed by atoms with van der Waals surface area (Å²) in [6.45, 7) is 0.496. The Kier molecular flexibility index (Phi) is 4.22. The number of fused-ring (bicyclic) bond motifs is 1. The molecule has 0 fully saturated rings. The molecule has 0 saturated carbocycles. The maximum absolute atomic E-state index is 13.8. The zero-order chi connectivity index (χ0) is 18.1. The lowest BCUT2D eigenvalue weighted by Crippen LogP contribution is -2.21. The first-order valence-corrected chi connectivity index (χ1v) is 8.26. The van der Waals surface area contributed by atoms with E-state index in [0.29, 0.717) is 22.8 Å². The molecule has 0 radical (unpaired) electrons. The minimum Gasteiger partial charge on any atom is -0.293 e. The minimum atomic E-state index is -0.341. The van der Waals surface area contributed by atoms with Crippen molar-refractivity contribution in [1.29, 1.82) is 0 Å². The third-order valence-electron chi connectivity index (χ3n) is 4.04. The van der Waals surface area contributed by atoms with Crippen LogP contribution in [0.4, 0.5) is 4.39 Å². The molecule has 8 heteroatoms. The van der Waals surface area contributed by atoms with Crippen molar-refractivity contribution in [3.63, 3.8) is 0 Å². The van der Waals surface area contributed by atoms with Gasteiger partial charge < -0.3 is 0 Å². The molecule has 0 atom stereocenters. The molecule has 2 aromatic heterocycles. The van der Waals surface area contributed by atoms with Crippen molar-refractivity contribution in [3.8, 4) is 0 Å². The van der Waals surface area contributed by atoms with Crippen LogP contribution in [0.2, 0.25) is 5.02 Å². The smallest absolute Gasteiger partial charge is 0.283 e. The van der Waals surface area contributed by atoms with E-state index in [1.807, 2.05) is 12.1 Å². The molecule has 2 heterocycles. The van der Waals surface area contributed by atoms with Gasteiger partial charge in [-0.2, -0.15) is 0 Å². The molecule has 0 aliphatic rings. The largest absolute Gasteiger partial charge is 0.293 e. The molecule has 130 valence electrons. The van der Waals surface area contributed by atoms with Gasteiger partial charge in [0.25, 0.3) is 5.56 Å². The standard InChI is InChI=1S/C18H13ClFN5O/c19-14-7-5-12(6-8-14)9-24-11-21-17-16(18(24)26)22-23-25(17)10-13-3-1-2-4-15(13)20/h1-8,11H,9-10H2. The lowest BCUT2D eigenvalue weighted by atomic mass is 10.2. The summed E-state index contributed by atoms with van der Waals surface area (Å²) in [4.78, 5) is 16.9. The van der Waals surface area contributed by atoms with Crippen molar-refractivity contribution in [3.05, 3.63) is 87.2 Å². The van der Waals surface area contributed by atoms with E-state index >= 15 is 0 Å². The fourth-order valence-corrected chi connectivity index (χ4v) is 2.81. The summed E-state index contributed by atoms with van der Waals surface area (Å²) in [7, 11) is 0. The maximum atomic E-state index is 13.8. The van der Waals surface area contributed by atoms with Crippen LogP contribution in [-0.2, 0) is 13.1 Å². The highest BCUT2D eigenvalue weighted by Crippen LogP contribution is 2.12. The molecule has 6 nitrogen and oxygen atoms in total. The summed E-state index contributed by atoms with van der Waals surface area (Å²) < 4.78 is 16.7. The van der Waals surface area contributed by atoms with Crippen LogP contribution < -0.4 is 5.56 Å². The van der Waals surface area contributed by atoms with Gasteiger partial charge in [0, 0.05) is 10.6 Å². The molecule has 0 saturated heterocycles. The summed E-state index contributed by atoms with van der Waals surface area (Å²) >= 11 is 5.88. The lowest BCUT2D eigenvalue weighted by molar-refractivity contribution is 0.582. The number of hydrogen-bond donors (Lipinski definition) is 0. The molecule has 2 aromatic carbocycles. The molecule has 0 aliphatic heterocycles. The summed E-state index contributed by atoms with van der Waals surface area (Å²) in [5, 5.41) is 8.52. The van der Waals surface area contributed by atoms with Crippen LogP contribution in [-0.4, -0.2) is 24.5 Å². The van der Waals surface area contributed by atoms with Crippen LogP contribution >= 0.6 is 11.6 Å². The van der Waals surface area contributed by atoms with E-state index in [4.69, 9.17) is 11.6 Å². The summed E-state index contributed by atoms with van der Waals surface area (Å²) in [6.07, 6.45) is 1.44. The maximum Gasteiger partial charge on any atom is 0.283 e. The average Bonchev–Trinajstić information content (AvgIpc) is 3.05. The number of rotatable bonds is 4. The SMILES string of the molecule is O=c1c2nnn(Cc3ccccc3F)c2ncn1Cc1ccc(Cl)cc1. The molecule has 0 spiro atoms. The van der Waals surface area contributed by atoms with Gasteiger partial charge in [0.1, 0.15) is 12.1 Å². The van der Waals surface area contributed by atoms with Crippen molar-refractivity contribution in [2.24, 2.45) is 0 Å². The van der Waals surface area contributed by atoms with Gasteiger partial charge in [-0.3, -0.25) is 9.36 Å². The highest BCUT2D eigenvalue weighted by atomic mass is 35.5. The lowest BCUT2D eigenvalue weighted by Gasteiger charge is -2.06. The van der Waals surface area contributed by atoms with Crippen LogP contribution in [0.5, 0.6) is 0 Å². The average molecular weight is 370 g/mol. The predicted molar refractivity (Wildman–Crippen MR) is 95.6 cm³/mol. The van der Waals surface area contributed by atoms with Crippen molar-refractivity contribution in [1.82, 2.24) is 24.5 Å². The van der Waals surface area contributed by atoms with Gasteiger partial charge in [-0.15, -0.1) is 5.10 Å². The molecular formula is C18H13ClFN5O. The van der Waals surface area contributed by atoms with Crippen molar-refractivity contribution < 1.29 is 4.39 Å². The topological polar surface area (TPSA) is 65.6 Å². The Hall–Kier alpha value is -3.06. The van der Waals surface area contributed by atoms with E-state index < -0.39 is 0 Å². The predicted octanol–water partition coefficient (Wildman–Crippen LogP) is 2.88. The normalized spacial score (nSPS) is 11.2. The Bertz CT molecular complexity index is 1140. The number of aromatic nitrogens is 5. The summed E-state index contributed by atoms with van der Waals surface area (Å²) in [5.41, 5.74) is 1.54. The molecule has 0 amide bonds. The van der Waals surface area contributed by atoms with E-state index in [1.54, 1.807) is 30.3 Å². The van der Waals surface area contributed by atoms with Gasteiger partial charge in [0.15, 0.2) is 11.2 Å². The van der Waals surface area contributed by atoms with Crippen LogP contribution in [0, 0.1) is 5.82 Å². The molecule has 4 aromatic rings. The number of hydrogen-bond acceptors (Lipinski definition) is 4. The van der Waals surface area contributed by atoms with Crippen LogP contribution in [0.3, 0.4) is 0 Å². The van der Waals surface area contributed by atoms with E-state index in [1.165, 1.54) is 21.6 Å². The van der Waals surface area contributed by atoms with E-state index in [-0.39, 0.29) is 23.4 Å². The Morgan fingerprint density at radius 3 is 2.58 bits per heavy atom. The molecular weight excluding hydrogens is 357 g/mol. The van der Waals surface area contributed by atoms with Gasteiger partial charge in [0.05, 0.1) is 13.1 Å². The van der Waals surface area contributed by atoms with Crippen molar-refractivity contribution >= 4 is 22.8 Å². The first-order valence-electron chi connectivity index (χ1n) is 7.88. The number of benzene rings is 2. The molecule has 0 N–H and O–H groups in total. The first-order chi connectivity index (χ1) is 12.6. The highest BCUT2D eigenvalue weighted by Gasteiger charge is 2.13. The summed E-state index contributed by atoms with van der Waals surface area (Å²) in [6, 6.07) is 13.6. The number of nitrogens with zero attached hydrogens (tertiary/aromatic N) is 5. The summed E-state index contributed by atoms with van der Waals surface area (Å²) in [5.74, 6) is -0.341. The van der Waals surface area contributed by atoms with E-state index in [0.717, 1.165) is 5.56 Å². The molecule has 0 bridgehead atoms. The number of halogens is 2.